The second kappa shape index (κ2) is 7.81. The van der Waals surface area contributed by atoms with Gasteiger partial charge in [-0.2, -0.15) is 0 Å². The van der Waals surface area contributed by atoms with Crippen LogP contribution < -0.4 is 10.6 Å². The highest BCUT2D eigenvalue weighted by molar-refractivity contribution is 8.14. The third-order valence-electron chi connectivity index (χ3n) is 4.36. The van der Waals surface area contributed by atoms with Gasteiger partial charge in [-0.15, -0.1) is 0 Å². The minimum absolute atomic E-state index is 0.0240. The smallest absolute Gasteiger partial charge is 0.289 e. The monoisotopic (exact) mass is 347 g/mol. The molecule has 2 heterocycles. The number of hydrogen-bond acceptors (Lipinski definition) is 5. The van der Waals surface area contributed by atoms with Gasteiger partial charge in [0, 0.05) is 12.1 Å². The molecule has 3 rings (SSSR count). The first-order valence-electron chi connectivity index (χ1n) is 8.18. The van der Waals surface area contributed by atoms with Crippen LogP contribution in [0.4, 0.5) is 10.5 Å². The number of rotatable bonds is 6. The van der Waals surface area contributed by atoms with Crippen LogP contribution >= 0.6 is 11.8 Å². The van der Waals surface area contributed by atoms with Gasteiger partial charge in [-0.3, -0.25) is 19.3 Å². The highest BCUT2D eigenvalue weighted by Crippen LogP contribution is 2.22. The second-order valence-corrected chi connectivity index (χ2v) is 7.10. The number of amides is 3. The van der Waals surface area contributed by atoms with E-state index >= 15 is 0 Å². The average molecular weight is 347 g/mol. The summed E-state index contributed by atoms with van der Waals surface area (Å²) in [5.41, 5.74) is 1.61. The highest BCUT2D eigenvalue weighted by Gasteiger charge is 2.29. The van der Waals surface area contributed by atoms with Crippen molar-refractivity contribution in [3.05, 3.63) is 29.8 Å². The summed E-state index contributed by atoms with van der Waals surface area (Å²) >= 11 is 1.04. The average Bonchev–Trinajstić information content (AvgIpc) is 3.20. The molecule has 0 aromatic heterocycles. The van der Waals surface area contributed by atoms with Crippen molar-refractivity contribution in [3.8, 4) is 0 Å². The predicted octanol–water partition coefficient (Wildman–Crippen LogP) is 2.21. The van der Waals surface area contributed by atoms with Gasteiger partial charge >= 0.3 is 0 Å². The standard InChI is InChI=1S/C17H21N3O3S/c21-15(6-3-12-7-8-18-9-12)19-14-4-1-13(2-5-14)10-20-16(22)11-24-17(20)23/h1-2,4-5,12,18H,3,6-11H2,(H,19,21). The Hall–Kier alpha value is -1.86. The second-order valence-electron chi connectivity index (χ2n) is 6.18. The van der Waals surface area contributed by atoms with Crippen molar-refractivity contribution < 1.29 is 14.4 Å². The minimum atomic E-state index is -0.196. The Morgan fingerprint density at radius 3 is 2.71 bits per heavy atom. The van der Waals surface area contributed by atoms with Crippen LogP contribution in [0.25, 0.3) is 0 Å². The van der Waals surface area contributed by atoms with Crippen LogP contribution in [-0.4, -0.2) is 40.8 Å². The van der Waals surface area contributed by atoms with Crippen molar-refractivity contribution in [2.24, 2.45) is 5.92 Å². The van der Waals surface area contributed by atoms with E-state index in [2.05, 4.69) is 10.6 Å². The summed E-state index contributed by atoms with van der Waals surface area (Å²) in [7, 11) is 0. The van der Waals surface area contributed by atoms with Crippen LogP contribution in [0.1, 0.15) is 24.8 Å². The molecule has 2 saturated heterocycles. The first kappa shape index (κ1) is 17.0. The van der Waals surface area contributed by atoms with Crippen LogP contribution in [0.5, 0.6) is 0 Å². The molecule has 7 heteroatoms. The fraction of sp³-hybridized carbons (Fsp3) is 0.471. The largest absolute Gasteiger partial charge is 0.326 e. The van der Waals surface area contributed by atoms with Gasteiger partial charge in [-0.25, -0.2) is 0 Å². The lowest BCUT2D eigenvalue weighted by molar-refractivity contribution is -0.125. The molecule has 1 aromatic carbocycles. The summed E-state index contributed by atoms with van der Waals surface area (Å²) in [6.45, 7) is 2.34. The van der Waals surface area contributed by atoms with Gasteiger partial charge in [0.05, 0.1) is 12.3 Å². The van der Waals surface area contributed by atoms with Crippen LogP contribution in [-0.2, 0) is 16.1 Å². The fourth-order valence-electron chi connectivity index (χ4n) is 2.93. The summed E-state index contributed by atoms with van der Waals surface area (Å²) < 4.78 is 0. The first-order valence-corrected chi connectivity index (χ1v) is 9.17. The minimum Gasteiger partial charge on any atom is -0.326 e. The third-order valence-corrected chi connectivity index (χ3v) is 5.22. The molecule has 2 aliphatic rings. The lowest BCUT2D eigenvalue weighted by Gasteiger charge is -2.13. The lowest BCUT2D eigenvalue weighted by atomic mass is 10.0. The van der Waals surface area contributed by atoms with Crippen LogP contribution in [0, 0.1) is 5.92 Å². The molecule has 24 heavy (non-hydrogen) atoms. The molecular weight excluding hydrogens is 326 g/mol. The molecule has 2 N–H and O–H groups in total. The number of hydrogen-bond donors (Lipinski definition) is 2. The first-order chi connectivity index (χ1) is 11.6. The molecule has 3 amide bonds. The van der Waals surface area contributed by atoms with E-state index in [1.165, 1.54) is 4.90 Å². The zero-order valence-electron chi connectivity index (χ0n) is 13.4. The van der Waals surface area contributed by atoms with E-state index in [0.717, 1.165) is 48.9 Å². The zero-order valence-corrected chi connectivity index (χ0v) is 14.2. The molecule has 6 nitrogen and oxygen atoms in total. The van der Waals surface area contributed by atoms with E-state index in [1.807, 2.05) is 24.3 Å². The molecule has 0 spiro atoms. The van der Waals surface area contributed by atoms with Crippen LogP contribution in [0.15, 0.2) is 24.3 Å². The maximum atomic E-state index is 12.0. The summed E-state index contributed by atoms with van der Waals surface area (Å²) in [5.74, 6) is 0.704. The van der Waals surface area contributed by atoms with Crippen LogP contribution in [0.2, 0.25) is 0 Å². The normalized spacial score (nSPS) is 20.7. The van der Waals surface area contributed by atoms with Gasteiger partial charge in [0.2, 0.25) is 11.8 Å². The van der Waals surface area contributed by atoms with Crippen molar-refractivity contribution in [1.29, 1.82) is 0 Å². The Balaban J connectivity index is 1.48. The zero-order chi connectivity index (χ0) is 16.9. The van der Waals surface area contributed by atoms with E-state index in [4.69, 9.17) is 0 Å². The van der Waals surface area contributed by atoms with Gasteiger partial charge in [-0.05, 0) is 49.5 Å². The van der Waals surface area contributed by atoms with Gasteiger partial charge in [0.15, 0.2) is 0 Å². The molecule has 0 radical (unpaired) electrons. The highest BCUT2D eigenvalue weighted by atomic mass is 32.2. The Bertz CT molecular complexity index is 610. The molecule has 1 unspecified atom stereocenters. The van der Waals surface area contributed by atoms with E-state index < -0.39 is 0 Å². The van der Waals surface area contributed by atoms with Gasteiger partial charge in [0.25, 0.3) is 5.24 Å². The van der Waals surface area contributed by atoms with E-state index in [1.54, 1.807) is 0 Å². The maximum Gasteiger partial charge on any atom is 0.289 e. The number of anilines is 1. The predicted molar refractivity (Wildman–Crippen MR) is 93.7 cm³/mol. The number of thioether (sulfide) groups is 1. The fourth-order valence-corrected chi connectivity index (χ4v) is 3.65. The van der Waals surface area contributed by atoms with E-state index in [-0.39, 0.29) is 29.4 Å². The van der Waals surface area contributed by atoms with E-state index in [0.29, 0.717) is 12.3 Å². The summed E-state index contributed by atoms with van der Waals surface area (Å²) in [4.78, 5) is 36.4. The number of nitrogens with zero attached hydrogens (tertiary/aromatic N) is 1. The van der Waals surface area contributed by atoms with Gasteiger partial charge in [-0.1, -0.05) is 23.9 Å². The molecular formula is C17H21N3O3S. The molecule has 2 fully saturated rings. The number of imide groups is 1. The molecule has 2 aliphatic heterocycles. The summed E-state index contributed by atoms with van der Waals surface area (Å²) in [6.07, 6.45) is 2.59. The summed E-state index contributed by atoms with van der Waals surface area (Å²) in [5, 5.41) is 6.00. The number of benzene rings is 1. The third kappa shape index (κ3) is 4.36. The Labute approximate surface area is 145 Å². The maximum absolute atomic E-state index is 12.0. The number of carbonyl (C=O) groups is 3. The Kier molecular flexibility index (Phi) is 5.52. The Morgan fingerprint density at radius 2 is 2.08 bits per heavy atom. The quantitative estimate of drug-likeness (QED) is 0.825. The SMILES string of the molecule is O=C(CCC1CCNC1)Nc1ccc(CN2C(=O)CSC2=O)cc1. The molecule has 1 aromatic rings. The molecule has 0 bridgehead atoms. The molecule has 0 saturated carbocycles. The summed E-state index contributed by atoms with van der Waals surface area (Å²) in [6, 6.07) is 7.28. The number of carbonyl (C=O) groups excluding carboxylic acids is 3. The van der Waals surface area contributed by atoms with Gasteiger partial charge in [0.1, 0.15) is 0 Å². The topological polar surface area (TPSA) is 78.5 Å². The molecule has 1 atom stereocenters. The van der Waals surface area contributed by atoms with Gasteiger partial charge < -0.3 is 10.6 Å². The Morgan fingerprint density at radius 1 is 1.29 bits per heavy atom. The van der Waals surface area contributed by atoms with E-state index in [9.17, 15) is 14.4 Å². The molecule has 0 aliphatic carbocycles. The van der Waals surface area contributed by atoms with Crippen molar-refractivity contribution >= 4 is 34.5 Å². The van der Waals surface area contributed by atoms with Crippen molar-refractivity contribution in [2.75, 3.05) is 24.2 Å². The van der Waals surface area contributed by atoms with Crippen LogP contribution in [0.3, 0.4) is 0 Å². The van der Waals surface area contributed by atoms with Crippen molar-refractivity contribution in [1.82, 2.24) is 10.2 Å². The lowest BCUT2D eigenvalue weighted by Crippen LogP contribution is -2.27. The van der Waals surface area contributed by atoms with Crippen molar-refractivity contribution in [3.63, 3.8) is 0 Å². The number of nitrogens with one attached hydrogen (secondary N) is 2. The molecule has 128 valence electrons. The van der Waals surface area contributed by atoms with Crippen molar-refractivity contribution in [2.45, 2.75) is 25.8 Å².